The predicted octanol–water partition coefficient (Wildman–Crippen LogP) is 1.20. The van der Waals surface area contributed by atoms with Crippen LogP contribution in [0.25, 0.3) is 10.9 Å². The van der Waals surface area contributed by atoms with Crippen LogP contribution >= 0.6 is 0 Å². The standard InChI is InChI=1S/C9H7N3O/c13-6-11-9-10-5-7-3-1-2-4-8(7)12-9/h1-6H,(H,10,11,12,13). The number of hydrogen-bond donors (Lipinski definition) is 1. The molecule has 0 unspecified atom stereocenters. The molecule has 0 aliphatic heterocycles. The zero-order valence-corrected chi connectivity index (χ0v) is 6.77. The summed E-state index contributed by atoms with van der Waals surface area (Å²) < 4.78 is 0. The Bertz CT molecular complexity index is 442. The van der Waals surface area contributed by atoms with E-state index in [0.29, 0.717) is 12.4 Å². The maximum atomic E-state index is 10.1. The van der Waals surface area contributed by atoms with Crippen LogP contribution < -0.4 is 5.32 Å². The fourth-order valence-corrected chi connectivity index (χ4v) is 1.09. The molecule has 4 nitrogen and oxygen atoms in total. The molecule has 4 heteroatoms. The van der Waals surface area contributed by atoms with Gasteiger partial charge in [-0.15, -0.1) is 0 Å². The number of carbonyl (C=O) groups excluding carboxylic acids is 1. The molecule has 0 saturated heterocycles. The zero-order valence-electron chi connectivity index (χ0n) is 6.77. The molecule has 0 fully saturated rings. The van der Waals surface area contributed by atoms with E-state index in [9.17, 15) is 4.79 Å². The lowest BCUT2D eigenvalue weighted by Gasteiger charge is -1.98. The van der Waals surface area contributed by atoms with Gasteiger partial charge in [0.2, 0.25) is 12.4 Å². The number of carbonyl (C=O) groups is 1. The lowest BCUT2D eigenvalue weighted by Crippen LogP contribution is -1.99. The first kappa shape index (κ1) is 7.67. The van der Waals surface area contributed by atoms with Gasteiger partial charge < -0.3 is 0 Å². The smallest absolute Gasteiger partial charge is 0.229 e. The summed E-state index contributed by atoms with van der Waals surface area (Å²) in [6.45, 7) is 0. The zero-order chi connectivity index (χ0) is 9.10. The number of rotatable bonds is 2. The van der Waals surface area contributed by atoms with Crippen molar-refractivity contribution in [3.8, 4) is 0 Å². The summed E-state index contributed by atoms with van der Waals surface area (Å²) >= 11 is 0. The summed E-state index contributed by atoms with van der Waals surface area (Å²) in [5.74, 6) is 0.328. The number of amides is 1. The van der Waals surface area contributed by atoms with Crippen LogP contribution in [0.1, 0.15) is 0 Å². The van der Waals surface area contributed by atoms with Crippen LogP contribution in [0.2, 0.25) is 0 Å². The molecule has 0 radical (unpaired) electrons. The van der Waals surface area contributed by atoms with Crippen molar-refractivity contribution in [1.82, 2.24) is 9.97 Å². The van der Waals surface area contributed by atoms with Crippen LogP contribution in [0, 0.1) is 0 Å². The molecule has 0 atom stereocenters. The highest BCUT2D eigenvalue weighted by atomic mass is 16.1. The van der Waals surface area contributed by atoms with E-state index in [1.807, 2.05) is 24.3 Å². The molecule has 1 heterocycles. The third-order valence-corrected chi connectivity index (χ3v) is 1.68. The van der Waals surface area contributed by atoms with Crippen LogP contribution in [0.15, 0.2) is 30.5 Å². The van der Waals surface area contributed by atoms with Gasteiger partial charge in [0.15, 0.2) is 0 Å². The number of benzene rings is 1. The van der Waals surface area contributed by atoms with Gasteiger partial charge in [0.1, 0.15) is 0 Å². The Hall–Kier alpha value is -1.97. The van der Waals surface area contributed by atoms with Crippen molar-refractivity contribution in [2.75, 3.05) is 5.32 Å². The predicted molar refractivity (Wildman–Crippen MR) is 49.2 cm³/mol. The normalized spacial score (nSPS) is 9.85. The van der Waals surface area contributed by atoms with Crippen molar-refractivity contribution in [3.05, 3.63) is 30.5 Å². The Morgan fingerprint density at radius 1 is 1.31 bits per heavy atom. The number of fused-ring (bicyclic) bond motifs is 1. The number of nitrogens with zero attached hydrogens (tertiary/aromatic N) is 2. The van der Waals surface area contributed by atoms with Gasteiger partial charge in [-0.1, -0.05) is 18.2 Å². The minimum Gasteiger partial charge on any atom is -0.297 e. The van der Waals surface area contributed by atoms with E-state index in [-0.39, 0.29) is 0 Å². The average Bonchev–Trinajstić information content (AvgIpc) is 2.18. The summed E-state index contributed by atoms with van der Waals surface area (Å²) in [4.78, 5) is 18.2. The quantitative estimate of drug-likeness (QED) is 0.694. The molecule has 0 aliphatic carbocycles. The number of nitrogens with one attached hydrogen (secondary N) is 1. The molecule has 0 spiro atoms. The highest BCUT2D eigenvalue weighted by Gasteiger charge is 1.96. The summed E-state index contributed by atoms with van der Waals surface area (Å²) in [5.41, 5.74) is 0.821. The molecular formula is C9H7N3O. The minimum absolute atomic E-state index is 0.328. The second-order valence-corrected chi connectivity index (χ2v) is 2.51. The van der Waals surface area contributed by atoms with Crippen molar-refractivity contribution in [2.45, 2.75) is 0 Å². The second kappa shape index (κ2) is 3.18. The van der Waals surface area contributed by atoms with Gasteiger partial charge in [0.25, 0.3) is 0 Å². The number of anilines is 1. The molecular weight excluding hydrogens is 166 g/mol. The molecule has 2 rings (SSSR count). The van der Waals surface area contributed by atoms with E-state index in [0.717, 1.165) is 10.9 Å². The largest absolute Gasteiger partial charge is 0.297 e. The minimum atomic E-state index is 0.328. The van der Waals surface area contributed by atoms with Crippen LogP contribution in [0.4, 0.5) is 5.95 Å². The van der Waals surface area contributed by atoms with Crippen LogP contribution in [0.3, 0.4) is 0 Å². The van der Waals surface area contributed by atoms with Gasteiger partial charge in [-0.3, -0.25) is 10.1 Å². The Labute approximate surface area is 74.6 Å². The third kappa shape index (κ3) is 1.46. The molecule has 64 valence electrons. The summed E-state index contributed by atoms with van der Waals surface area (Å²) in [5, 5.41) is 3.35. The van der Waals surface area contributed by atoms with Crippen LogP contribution in [-0.2, 0) is 4.79 Å². The molecule has 2 aromatic rings. The molecule has 1 amide bonds. The number of hydrogen-bond acceptors (Lipinski definition) is 3. The van der Waals surface area contributed by atoms with Gasteiger partial charge in [-0.2, -0.15) is 0 Å². The first-order chi connectivity index (χ1) is 6.40. The van der Waals surface area contributed by atoms with E-state index in [1.165, 1.54) is 0 Å². The van der Waals surface area contributed by atoms with Gasteiger partial charge in [0, 0.05) is 11.6 Å². The maximum absolute atomic E-state index is 10.1. The van der Waals surface area contributed by atoms with Gasteiger partial charge in [0.05, 0.1) is 5.52 Å². The fraction of sp³-hybridized carbons (Fsp3) is 0. The monoisotopic (exact) mass is 173 g/mol. The molecule has 1 aromatic carbocycles. The molecule has 1 aromatic heterocycles. The number of para-hydroxylation sites is 1. The van der Waals surface area contributed by atoms with E-state index in [4.69, 9.17) is 0 Å². The molecule has 0 bridgehead atoms. The third-order valence-electron chi connectivity index (χ3n) is 1.68. The maximum Gasteiger partial charge on any atom is 0.229 e. The van der Waals surface area contributed by atoms with Gasteiger partial charge in [-0.05, 0) is 6.07 Å². The van der Waals surface area contributed by atoms with E-state index in [2.05, 4.69) is 15.3 Å². The fourth-order valence-electron chi connectivity index (χ4n) is 1.09. The Kier molecular flexibility index (Phi) is 1.88. The Balaban J connectivity index is 2.55. The van der Waals surface area contributed by atoms with Crippen molar-refractivity contribution >= 4 is 23.3 Å². The summed E-state index contributed by atoms with van der Waals surface area (Å²) in [7, 11) is 0. The van der Waals surface area contributed by atoms with Gasteiger partial charge in [-0.25, -0.2) is 9.97 Å². The average molecular weight is 173 g/mol. The second-order valence-electron chi connectivity index (χ2n) is 2.51. The molecule has 0 saturated carbocycles. The Morgan fingerprint density at radius 3 is 3.00 bits per heavy atom. The topological polar surface area (TPSA) is 54.9 Å². The van der Waals surface area contributed by atoms with Crippen LogP contribution in [0.5, 0.6) is 0 Å². The van der Waals surface area contributed by atoms with Crippen LogP contribution in [-0.4, -0.2) is 16.4 Å². The van der Waals surface area contributed by atoms with E-state index < -0.39 is 0 Å². The number of aromatic nitrogens is 2. The Morgan fingerprint density at radius 2 is 2.15 bits per heavy atom. The van der Waals surface area contributed by atoms with E-state index >= 15 is 0 Å². The van der Waals surface area contributed by atoms with Crippen molar-refractivity contribution in [2.24, 2.45) is 0 Å². The molecule has 13 heavy (non-hydrogen) atoms. The molecule has 1 N–H and O–H groups in total. The highest BCUT2D eigenvalue weighted by molar-refractivity contribution is 5.79. The van der Waals surface area contributed by atoms with Crippen molar-refractivity contribution in [1.29, 1.82) is 0 Å². The van der Waals surface area contributed by atoms with Gasteiger partial charge >= 0.3 is 0 Å². The first-order valence-electron chi connectivity index (χ1n) is 3.82. The first-order valence-corrected chi connectivity index (χ1v) is 3.82. The molecule has 0 aliphatic rings. The van der Waals surface area contributed by atoms with E-state index in [1.54, 1.807) is 6.20 Å². The SMILES string of the molecule is O=CNc1ncc2ccccc2n1. The van der Waals surface area contributed by atoms with Crippen molar-refractivity contribution in [3.63, 3.8) is 0 Å². The highest BCUT2D eigenvalue weighted by Crippen LogP contribution is 2.10. The van der Waals surface area contributed by atoms with Crippen molar-refractivity contribution < 1.29 is 4.79 Å². The summed E-state index contributed by atoms with van der Waals surface area (Å²) in [6.07, 6.45) is 2.23. The summed E-state index contributed by atoms with van der Waals surface area (Å²) in [6, 6.07) is 7.59. The lowest BCUT2D eigenvalue weighted by atomic mass is 10.2. The lowest BCUT2D eigenvalue weighted by molar-refractivity contribution is -0.105.